The van der Waals surface area contributed by atoms with E-state index in [0.29, 0.717) is 11.8 Å². The van der Waals surface area contributed by atoms with E-state index in [1.807, 2.05) is 6.20 Å². The first-order valence-electron chi connectivity index (χ1n) is 11.1. The van der Waals surface area contributed by atoms with Gasteiger partial charge in [0.25, 0.3) is 0 Å². The summed E-state index contributed by atoms with van der Waals surface area (Å²) in [5.41, 5.74) is 4.58. The number of aromatic nitrogens is 2. The standard InChI is InChI=1S/C26H32N4/c1-6-18(3)21(7-2)26-29(5)25-23(30(26)20-14-9-8-10-15-20)17-27-24(28-25)22-16-12-11-13-19(22)4/h8-18,21,26H,6-7H2,1-5H3. The molecule has 1 aliphatic rings. The van der Waals surface area contributed by atoms with E-state index in [-0.39, 0.29) is 6.17 Å². The van der Waals surface area contributed by atoms with Crippen molar-refractivity contribution in [3.05, 3.63) is 66.4 Å². The predicted octanol–water partition coefficient (Wildman–Crippen LogP) is 6.44. The maximum atomic E-state index is 5.07. The lowest BCUT2D eigenvalue weighted by Gasteiger charge is -2.39. The minimum absolute atomic E-state index is 0.226. The van der Waals surface area contributed by atoms with Gasteiger partial charge in [0.2, 0.25) is 0 Å². The Balaban J connectivity index is 1.85. The first-order valence-corrected chi connectivity index (χ1v) is 11.1. The minimum Gasteiger partial charge on any atom is -0.337 e. The fourth-order valence-corrected chi connectivity index (χ4v) is 4.76. The molecule has 0 bridgehead atoms. The maximum Gasteiger partial charge on any atom is 0.161 e. The van der Waals surface area contributed by atoms with Crippen molar-refractivity contribution >= 4 is 17.2 Å². The van der Waals surface area contributed by atoms with Crippen molar-refractivity contribution in [2.45, 2.75) is 46.7 Å². The van der Waals surface area contributed by atoms with Gasteiger partial charge in [-0.25, -0.2) is 9.97 Å². The van der Waals surface area contributed by atoms with Gasteiger partial charge in [0.15, 0.2) is 11.6 Å². The zero-order valence-electron chi connectivity index (χ0n) is 18.7. The quantitative estimate of drug-likeness (QED) is 0.477. The molecule has 0 amide bonds. The summed E-state index contributed by atoms with van der Waals surface area (Å²) in [7, 11) is 2.19. The van der Waals surface area contributed by atoms with Crippen LogP contribution in [0.15, 0.2) is 60.8 Å². The van der Waals surface area contributed by atoms with Crippen LogP contribution in [0.2, 0.25) is 0 Å². The lowest BCUT2D eigenvalue weighted by Crippen LogP contribution is -2.46. The van der Waals surface area contributed by atoms with E-state index in [1.165, 1.54) is 17.7 Å². The molecule has 3 atom stereocenters. The summed E-state index contributed by atoms with van der Waals surface area (Å²) in [5, 5.41) is 0. The Morgan fingerprint density at radius 2 is 1.67 bits per heavy atom. The number of aryl methyl sites for hydroxylation is 1. The van der Waals surface area contributed by atoms with Crippen molar-refractivity contribution in [3.8, 4) is 11.4 Å². The summed E-state index contributed by atoms with van der Waals surface area (Å²) in [6.45, 7) is 9.09. The molecule has 0 aliphatic carbocycles. The third-order valence-electron chi connectivity index (χ3n) is 6.65. The van der Waals surface area contributed by atoms with Gasteiger partial charge in [-0.1, -0.05) is 69.7 Å². The number of para-hydroxylation sites is 1. The van der Waals surface area contributed by atoms with Gasteiger partial charge in [0.1, 0.15) is 11.9 Å². The van der Waals surface area contributed by atoms with Gasteiger partial charge >= 0.3 is 0 Å². The zero-order valence-corrected chi connectivity index (χ0v) is 18.7. The van der Waals surface area contributed by atoms with Crippen molar-refractivity contribution < 1.29 is 0 Å². The van der Waals surface area contributed by atoms with Crippen molar-refractivity contribution in [3.63, 3.8) is 0 Å². The van der Waals surface area contributed by atoms with E-state index in [4.69, 9.17) is 9.97 Å². The Kier molecular flexibility index (Phi) is 5.76. The molecule has 0 saturated heterocycles. The van der Waals surface area contributed by atoms with Crippen LogP contribution in [0.5, 0.6) is 0 Å². The molecule has 0 saturated carbocycles. The van der Waals surface area contributed by atoms with Gasteiger partial charge in [0.05, 0.1) is 6.20 Å². The fraction of sp³-hybridized carbons (Fsp3) is 0.385. The topological polar surface area (TPSA) is 32.3 Å². The molecule has 4 nitrogen and oxygen atoms in total. The monoisotopic (exact) mass is 400 g/mol. The molecule has 0 N–H and O–H groups in total. The summed E-state index contributed by atoms with van der Waals surface area (Å²) >= 11 is 0. The molecule has 3 unspecified atom stereocenters. The van der Waals surface area contributed by atoms with Crippen LogP contribution in [-0.2, 0) is 0 Å². The Morgan fingerprint density at radius 1 is 0.967 bits per heavy atom. The van der Waals surface area contributed by atoms with Gasteiger partial charge < -0.3 is 9.80 Å². The molecule has 2 aromatic carbocycles. The van der Waals surface area contributed by atoms with Gasteiger partial charge in [-0.05, 0) is 37.0 Å². The molecule has 0 spiro atoms. The van der Waals surface area contributed by atoms with Crippen LogP contribution >= 0.6 is 0 Å². The number of hydrogen-bond donors (Lipinski definition) is 0. The van der Waals surface area contributed by atoms with Gasteiger partial charge in [-0.2, -0.15) is 0 Å². The predicted molar refractivity (Wildman–Crippen MR) is 126 cm³/mol. The number of benzene rings is 2. The van der Waals surface area contributed by atoms with Crippen LogP contribution in [0.25, 0.3) is 11.4 Å². The van der Waals surface area contributed by atoms with E-state index in [9.17, 15) is 0 Å². The van der Waals surface area contributed by atoms with Crippen LogP contribution in [-0.4, -0.2) is 23.2 Å². The smallest absolute Gasteiger partial charge is 0.161 e. The van der Waals surface area contributed by atoms with E-state index in [1.54, 1.807) is 0 Å². The summed E-state index contributed by atoms with van der Waals surface area (Å²) in [6.07, 6.45) is 4.53. The molecule has 2 heterocycles. The van der Waals surface area contributed by atoms with E-state index in [0.717, 1.165) is 29.3 Å². The number of anilines is 3. The molecule has 4 heteroatoms. The van der Waals surface area contributed by atoms with Crippen LogP contribution in [0.1, 0.15) is 39.2 Å². The minimum atomic E-state index is 0.226. The van der Waals surface area contributed by atoms with Crippen molar-refractivity contribution in [2.75, 3.05) is 16.8 Å². The second kappa shape index (κ2) is 8.47. The second-order valence-corrected chi connectivity index (χ2v) is 8.41. The summed E-state index contributed by atoms with van der Waals surface area (Å²) < 4.78 is 0. The fourth-order valence-electron chi connectivity index (χ4n) is 4.76. The maximum absolute atomic E-state index is 5.07. The highest BCUT2D eigenvalue weighted by molar-refractivity contribution is 5.82. The third-order valence-corrected chi connectivity index (χ3v) is 6.65. The average Bonchev–Trinajstić information content (AvgIpc) is 3.07. The average molecular weight is 401 g/mol. The van der Waals surface area contributed by atoms with Crippen molar-refractivity contribution in [1.29, 1.82) is 0 Å². The van der Waals surface area contributed by atoms with Gasteiger partial charge in [-0.15, -0.1) is 0 Å². The lowest BCUT2D eigenvalue weighted by molar-refractivity contribution is 0.284. The van der Waals surface area contributed by atoms with Gasteiger partial charge in [-0.3, -0.25) is 0 Å². The molecule has 1 aliphatic heterocycles. The van der Waals surface area contributed by atoms with Crippen LogP contribution in [0.4, 0.5) is 17.2 Å². The van der Waals surface area contributed by atoms with Gasteiger partial charge in [0, 0.05) is 24.2 Å². The molecule has 4 rings (SSSR count). The van der Waals surface area contributed by atoms with E-state index in [2.05, 4.69) is 99.1 Å². The largest absolute Gasteiger partial charge is 0.337 e. The Hall–Kier alpha value is -2.88. The lowest BCUT2D eigenvalue weighted by atomic mass is 9.86. The first-order chi connectivity index (χ1) is 14.6. The second-order valence-electron chi connectivity index (χ2n) is 8.41. The number of hydrogen-bond acceptors (Lipinski definition) is 4. The SMILES string of the molecule is CCC(C)C(CC)C1N(C)c2nc(-c3ccccc3C)ncc2N1c1ccccc1. The molecule has 0 radical (unpaired) electrons. The Labute approximate surface area is 180 Å². The molecule has 1 aromatic heterocycles. The van der Waals surface area contributed by atoms with Crippen LogP contribution in [0, 0.1) is 18.8 Å². The number of fused-ring (bicyclic) bond motifs is 1. The van der Waals surface area contributed by atoms with E-state index < -0.39 is 0 Å². The number of nitrogens with zero attached hydrogens (tertiary/aromatic N) is 4. The highest BCUT2D eigenvalue weighted by Crippen LogP contribution is 2.46. The summed E-state index contributed by atoms with van der Waals surface area (Å²) in [4.78, 5) is 14.7. The Bertz CT molecular complexity index is 1000. The molecule has 0 fully saturated rings. The summed E-state index contributed by atoms with van der Waals surface area (Å²) in [6, 6.07) is 19.0. The van der Waals surface area contributed by atoms with Crippen molar-refractivity contribution in [2.24, 2.45) is 11.8 Å². The number of rotatable bonds is 6. The first kappa shape index (κ1) is 20.4. The van der Waals surface area contributed by atoms with Crippen LogP contribution < -0.4 is 9.80 Å². The molecule has 30 heavy (non-hydrogen) atoms. The van der Waals surface area contributed by atoms with Crippen LogP contribution in [0.3, 0.4) is 0 Å². The molecular formula is C26H32N4. The molecule has 3 aromatic rings. The van der Waals surface area contributed by atoms with E-state index >= 15 is 0 Å². The summed E-state index contributed by atoms with van der Waals surface area (Å²) in [5.74, 6) is 2.95. The molecular weight excluding hydrogens is 368 g/mol. The Morgan fingerprint density at radius 3 is 2.33 bits per heavy atom. The van der Waals surface area contributed by atoms with Crippen molar-refractivity contribution in [1.82, 2.24) is 9.97 Å². The zero-order chi connectivity index (χ0) is 21.3. The third kappa shape index (κ3) is 3.45. The normalized spacial score (nSPS) is 17.7. The highest BCUT2D eigenvalue weighted by Gasteiger charge is 2.42. The molecule has 156 valence electrons. The highest BCUT2D eigenvalue weighted by atomic mass is 15.4.